The number of nitrogens with one attached hydrogen (secondary N) is 2. The molecule has 0 atom stereocenters. The Bertz CT molecular complexity index is 2860. The van der Waals surface area contributed by atoms with Crippen LogP contribution in [0.5, 0.6) is 23.0 Å². The molecule has 272 valence electrons. The van der Waals surface area contributed by atoms with Crippen molar-refractivity contribution in [2.75, 3.05) is 10.6 Å². The van der Waals surface area contributed by atoms with Crippen LogP contribution in [-0.2, 0) is 41.6 Å². The van der Waals surface area contributed by atoms with Gasteiger partial charge in [-0.15, -0.1) is 0 Å². The Hall–Kier alpha value is 1.93. The van der Waals surface area contributed by atoms with Crippen molar-refractivity contribution in [2.24, 2.45) is 0 Å². The van der Waals surface area contributed by atoms with Crippen LogP contribution in [0.15, 0.2) is 60.7 Å². The van der Waals surface area contributed by atoms with Crippen LogP contribution >= 0.6 is 23.2 Å². The Balaban J connectivity index is 0.00000210. The number of rotatable bonds is 8. The molecule has 0 spiro atoms. The summed E-state index contributed by atoms with van der Waals surface area (Å²) in [7, 11) is -22.2. The standard InChI is InChI=1S/C28H16Cl2N2O16S4.4K/c29-17-9-15-19(27(47-51(39,40)41)13-7-3-1-5-11(13)25(15)45-49(33,34)35)23-21(17)32-24-20-16(10-18(30)22(24)31-23)26(46-50(36,37)38)12-6-2-4-8-14(12)28(20)48-52(42,43)44;;;;/h1-10,31-32H,(H,33,34,35)(H,36,37,38)(H,39,40,41)(H,42,43,44);;;;/q;4*+1/p-4. The average molecular weight is 988 g/mol. The van der Waals surface area contributed by atoms with Crippen LogP contribution in [0.3, 0.4) is 0 Å². The van der Waals surface area contributed by atoms with E-state index in [0.717, 1.165) is 12.1 Å². The minimum atomic E-state index is -5.58. The van der Waals surface area contributed by atoms with Crippen molar-refractivity contribution in [2.45, 2.75) is 0 Å². The molecule has 7 rings (SSSR count). The number of hydrogen-bond donors (Lipinski definition) is 2. The van der Waals surface area contributed by atoms with Crippen molar-refractivity contribution in [3.63, 3.8) is 0 Å². The van der Waals surface area contributed by atoms with E-state index in [1.165, 1.54) is 48.5 Å². The van der Waals surface area contributed by atoms with Gasteiger partial charge in [-0.1, -0.05) is 71.7 Å². The van der Waals surface area contributed by atoms with Gasteiger partial charge < -0.3 is 45.6 Å². The van der Waals surface area contributed by atoms with Crippen LogP contribution in [-0.4, -0.2) is 51.9 Å². The second-order valence-corrected chi connectivity index (χ2v) is 15.4. The molecule has 0 bridgehead atoms. The summed E-state index contributed by atoms with van der Waals surface area (Å²) in [6.07, 6.45) is 0. The summed E-state index contributed by atoms with van der Waals surface area (Å²) in [6.45, 7) is 0. The minimum Gasteiger partial charge on any atom is -0.716 e. The largest absolute Gasteiger partial charge is 1.00 e. The van der Waals surface area contributed by atoms with Crippen LogP contribution in [0.25, 0.3) is 43.1 Å². The van der Waals surface area contributed by atoms with E-state index >= 15 is 0 Å². The van der Waals surface area contributed by atoms with E-state index in [9.17, 15) is 51.9 Å². The molecular formula is C28H12Cl2K4N2O16S4. The molecule has 56 heavy (non-hydrogen) atoms. The first-order valence-corrected chi connectivity index (χ1v) is 19.8. The van der Waals surface area contributed by atoms with Crippen LogP contribution in [0.4, 0.5) is 22.7 Å². The number of fused-ring (bicyclic) bond motifs is 8. The molecule has 6 aromatic rings. The molecule has 0 saturated carbocycles. The zero-order valence-electron chi connectivity index (χ0n) is 28.7. The van der Waals surface area contributed by atoms with Crippen molar-refractivity contribution in [1.82, 2.24) is 0 Å². The second kappa shape index (κ2) is 19.3. The fourth-order valence-corrected chi connectivity index (χ4v) is 7.98. The first kappa shape index (κ1) is 52.3. The molecule has 0 saturated heterocycles. The van der Waals surface area contributed by atoms with Crippen molar-refractivity contribution in [3.8, 4) is 23.0 Å². The van der Waals surface area contributed by atoms with E-state index in [0.29, 0.717) is 0 Å². The Morgan fingerprint density at radius 3 is 0.929 bits per heavy atom. The van der Waals surface area contributed by atoms with Crippen LogP contribution < -0.4 is 233 Å². The predicted molar refractivity (Wildman–Crippen MR) is 181 cm³/mol. The maximum Gasteiger partial charge on any atom is 1.00 e. The molecule has 1 heterocycles. The van der Waals surface area contributed by atoms with Gasteiger partial charge >= 0.3 is 206 Å². The van der Waals surface area contributed by atoms with E-state index in [-0.39, 0.29) is 271 Å². The molecule has 0 aromatic heterocycles. The van der Waals surface area contributed by atoms with Gasteiger partial charge in [0.1, 0.15) is 0 Å². The molecule has 0 aliphatic carbocycles. The minimum absolute atomic E-state index is 0. The molecule has 18 nitrogen and oxygen atoms in total. The summed E-state index contributed by atoms with van der Waals surface area (Å²) in [5.74, 6) is -2.69. The first-order valence-electron chi connectivity index (χ1n) is 13.7. The normalized spacial score (nSPS) is 12.4. The monoisotopic (exact) mass is 986 g/mol. The Morgan fingerprint density at radius 1 is 0.411 bits per heavy atom. The fraction of sp³-hybridized carbons (Fsp3) is 0. The molecule has 1 aliphatic heterocycles. The van der Waals surface area contributed by atoms with Crippen LogP contribution in [0.2, 0.25) is 10.0 Å². The van der Waals surface area contributed by atoms with Crippen molar-refractivity contribution < 1.29 is 274 Å². The maximum absolute atomic E-state index is 12.0. The summed E-state index contributed by atoms with van der Waals surface area (Å²) in [5, 5.41) is 2.52. The summed E-state index contributed by atoms with van der Waals surface area (Å²) in [4.78, 5) is 0. The molecule has 0 unspecified atom stereocenters. The van der Waals surface area contributed by atoms with Gasteiger partial charge in [0.2, 0.25) is 0 Å². The van der Waals surface area contributed by atoms with Crippen molar-refractivity contribution in [1.29, 1.82) is 0 Å². The van der Waals surface area contributed by atoms with Gasteiger partial charge in [0.05, 0.1) is 43.6 Å². The van der Waals surface area contributed by atoms with E-state index < -0.39 is 75.4 Å². The maximum atomic E-state index is 12.0. The van der Waals surface area contributed by atoms with Crippen molar-refractivity contribution in [3.05, 3.63) is 70.7 Å². The number of halogens is 2. The zero-order chi connectivity index (χ0) is 37.7. The van der Waals surface area contributed by atoms with Gasteiger partial charge in [0, 0.05) is 32.3 Å². The Kier molecular flexibility index (Phi) is 18.1. The molecule has 0 amide bonds. The van der Waals surface area contributed by atoms with E-state index in [4.69, 9.17) is 39.9 Å². The topological polar surface area (TPSA) is 290 Å². The number of anilines is 4. The van der Waals surface area contributed by atoms with E-state index in [2.05, 4.69) is 10.6 Å². The smallest absolute Gasteiger partial charge is 0.716 e. The molecule has 1 aliphatic rings. The second-order valence-electron chi connectivity index (χ2n) is 10.7. The number of benzene rings is 6. The SMILES string of the molecule is O=S(=O)([O-])Oc1c2ccccc2c(OS(=O)(=O)[O-])c2c3c(c(Cl)cc12)Nc1c(c(Cl)cc2c(OS(=O)(=O)[O-])c4ccccc4c(OS(=O)(=O)[O-])c12)N3.[K+].[K+].[K+].[K+]. The summed E-state index contributed by atoms with van der Waals surface area (Å²) >= 11 is 13.3. The van der Waals surface area contributed by atoms with Gasteiger partial charge in [0.15, 0.2) is 23.0 Å². The van der Waals surface area contributed by atoms with Crippen molar-refractivity contribution >= 4 is 131 Å². The first-order chi connectivity index (χ1) is 24.1. The Labute approximate surface area is 497 Å². The molecule has 0 radical (unpaired) electrons. The quantitative estimate of drug-likeness (QED) is 0.0619. The summed E-state index contributed by atoms with van der Waals surface area (Å²) in [6, 6.07) is 12.4. The predicted octanol–water partition coefficient (Wildman–Crippen LogP) is -7.22. The average Bonchev–Trinajstić information content (AvgIpc) is 3.01. The zero-order valence-corrected chi connectivity index (χ0v) is 46.0. The third kappa shape index (κ3) is 11.0. The third-order valence-corrected chi connectivity index (χ3v) is 9.66. The van der Waals surface area contributed by atoms with Gasteiger partial charge in [-0.3, -0.25) is 0 Å². The van der Waals surface area contributed by atoms with Gasteiger partial charge in [-0.25, -0.2) is 33.7 Å². The molecule has 6 aromatic carbocycles. The van der Waals surface area contributed by atoms with Crippen LogP contribution in [0.1, 0.15) is 0 Å². The molecule has 28 heteroatoms. The van der Waals surface area contributed by atoms with Gasteiger partial charge in [0.25, 0.3) is 41.6 Å². The molecule has 0 fully saturated rings. The summed E-state index contributed by atoms with van der Waals surface area (Å²) < 4.78 is 163. The molecule has 2 N–H and O–H groups in total. The third-order valence-electron chi connectivity index (χ3n) is 7.58. The Morgan fingerprint density at radius 2 is 0.661 bits per heavy atom. The summed E-state index contributed by atoms with van der Waals surface area (Å²) in [5.41, 5.74) is -1.06. The number of hydrogen-bond acceptors (Lipinski definition) is 18. The van der Waals surface area contributed by atoms with E-state index in [1.807, 2.05) is 0 Å². The van der Waals surface area contributed by atoms with Gasteiger partial charge in [-0.2, -0.15) is 0 Å². The fourth-order valence-electron chi connectivity index (χ4n) is 5.95. The van der Waals surface area contributed by atoms with Crippen LogP contribution in [0, 0.1) is 0 Å². The van der Waals surface area contributed by atoms with Gasteiger partial charge in [-0.05, 0) is 12.1 Å². The van der Waals surface area contributed by atoms with E-state index in [1.54, 1.807) is 0 Å². The molecular weight excluding hydrogens is 976 g/mol.